The van der Waals surface area contributed by atoms with Gasteiger partial charge in [0.25, 0.3) is 0 Å². The molecule has 1 atom stereocenters. The summed E-state index contributed by atoms with van der Waals surface area (Å²) in [4.78, 5) is 21.7. The van der Waals surface area contributed by atoms with E-state index in [0.29, 0.717) is 25.0 Å². The fourth-order valence-electron chi connectivity index (χ4n) is 1.49. The van der Waals surface area contributed by atoms with E-state index in [0.717, 1.165) is 32.1 Å². The molecule has 0 unspecified atom stereocenters. The van der Waals surface area contributed by atoms with Crippen molar-refractivity contribution < 1.29 is 14.7 Å². The van der Waals surface area contributed by atoms with Crippen LogP contribution in [0.15, 0.2) is 0 Å². The lowest BCUT2D eigenvalue weighted by Crippen LogP contribution is -2.29. The number of carboxylic acid groups (broad SMARTS) is 1. The minimum atomic E-state index is -0.945. The van der Waals surface area contributed by atoms with E-state index in [1.807, 2.05) is 0 Å². The predicted molar refractivity (Wildman–Crippen MR) is 63.2 cm³/mol. The van der Waals surface area contributed by atoms with Crippen LogP contribution < -0.4 is 5.73 Å². The normalized spacial score (nSPS) is 12.4. The summed E-state index contributed by atoms with van der Waals surface area (Å²) in [5.74, 6) is -0.622. The van der Waals surface area contributed by atoms with Gasteiger partial charge in [0, 0.05) is 12.8 Å². The van der Waals surface area contributed by atoms with Crippen molar-refractivity contribution in [3.8, 4) is 0 Å². The second-order valence-electron chi connectivity index (χ2n) is 4.19. The van der Waals surface area contributed by atoms with E-state index in [1.165, 1.54) is 0 Å². The summed E-state index contributed by atoms with van der Waals surface area (Å²) < 4.78 is 0. The summed E-state index contributed by atoms with van der Waals surface area (Å²) in [7, 11) is 0. The first-order valence-electron chi connectivity index (χ1n) is 6.08. The summed E-state index contributed by atoms with van der Waals surface area (Å²) in [6.45, 7) is 2.07. The molecule has 0 aromatic heterocycles. The van der Waals surface area contributed by atoms with Gasteiger partial charge in [-0.3, -0.25) is 9.59 Å². The van der Waals surface area contributed by atoms with Crippen molar-refractivity contribution in [2.45, 2.75) is 64.3 Å². The number of ketones is 1. The number of carbonyl (C=O) groups is 2. The highest BCUT2D eigenvalue weighted by Gasteiger charge is 2.10. The highest BCUT2D eigenvalue weighted by atomic mass is 16.4. The van der Waals surface area contributed by atoms with Gasteiger partial charge in [0.2, 0.25) is 0 Å². The minimum Gasteiger partial charge on any atom is -0.480 e. The molecule has 0 rings (SSSR count). The molecule has 0 amide bonds. The van der Waals surface area contributed by atoms with Gasteiger partial charge in [0.15, 0.2) is 0 Å². The monoisotopic (exact) mass is 229 g/mol. The molecule has 16 heavy (non-hydrogen) atoms. The molecule has 3 N–H and O–H groups in total. The third-order valence-corrected chi connectivity index (χ3v) is 2.60. The summed E-state index contributed by atoms with van der Waals surface area (Å²) in [5.41, 5.74) is 5.36. The third-order valence-electron chi connectivity index (χ3n) is 2.60. The zero-order chi connectivity index (χ0) is 12.4. The fraction of sp³-hybridized carbons (Fsp3) is 0.833. The van der Waals surface area contributed by atoms with Gasteiger partial charge in [0.1, 0.15) is 11.8 Å². The van der Waals surface area contributed by atoms with Gasteiger partial charge in [-0.05, 0) is 19.3 Å². The summed E-state index contributed by atoms with van der Waals surface area (Å²) in [6.07, 6.45) is 6.37. The molecule has 0 aliphatic heterocycles. The van der Waals surface area contributed by atoms with Gasteiger partial charge in [-0.25, -0.2) is 0 Å². The molecule has 0 aliphatic carbocycles. The number of unbranched alkanes of at least 4 members (excludes halogenated alkanes) is 3. The van der Waals surface area contributed by atoms with Crippen LogP contribution in [0.5, 0.6) is 0 Å². The molecule has 0 radical (unpaired) electrons. The molecule has 0 heterocycles. The third kappa shape index (κ3) is 8.41. The molecule has 4 nitrogen and oxygen atoms in total. The molecule has 0 spiro atoms. The second kappa shape index (κ2) is 9.33. The van der Waals surface area contributed by atoms with Crippen LogP contribution in [0, 0.1) is 0 Å². The van der Waals surface area contributed by atoms with E-state index in [-0.39, 0.29) is 0 Å². The van der Waals surface area contributed by atoms with E-state index in [1.54, 1.807) is 0 Å². The van der Waals surface area contributed by atoms with Gasteiger partial charge in [-0.1, -0.05) is 26.2 Å². The molecule has 0 aliphatic rings. The van der Waals surface area contributed by atoms with E-state index in [2.05, 4.69) is 6.92 Å². The number of hydrogen-bond donors (Lipinski definition) is 2. The van der Waals surface area contributed by atoms with Crippen molar-refractivity contribution in [1.29, 1.82) is 0 Å². The number of aliphatic carboxylic acids is 1. The van der Waals surface area contributed by atoms with E-state index < -0.39 is 12.0 Å². The van der Waals surface area contributed by atoms with Crippen LogP contribution >= 0.6 is 0 Å². The quantitative estimate of drug-likeness (QED) is 0.562. The SMILES string of the molecule is CCCCC(=O)CCCCC[C@H](N)C(=O)O. The van der Waals surface area contributed by atoms with E-state index >= 15 is 0 Å². The zero-order valence-corrected chi connectivity index (χ0v) is 10.1. The molecule has 0 aromatic rings. The maximum Gasteiger partial charge on any atom is 0.320 e. The Morgan fingerprint density at radius 2 is 1.75 bits per heavy atom. The Labute approximate surface area is 97.2 Å². The molecule has 0 saturated carbocycles. The van der Waals surface area contributed by atoms with Crippen LogP contribution in [0.3, 0.4) is 0 Å². The zero-order valence-electron chi connectivity index (χ0n) is 10.1. The first-order valence-corrected chi connectivity index (χ1v) is 6.08. The number of rotatable bonds is 10. The highest BCUT2D eigenvalue weighted by Crippen LogP contribution is 2.08. The van der Waals surface area contributed by atoms with Crippen LogP contribution in [-0.2, 0) is 9.59 Å². The van der Waals surface area contributed by atoms with Crippen LogP contribution in [0.25, 0.3) is 0 Å². The molecular formula is C12H23NO3. The Bertz CT molecular complexity index is 216. The maximum atomic E-state index is 11.3. The Balaban J connectivity index is 3.33. The number of carbonyl (C=O) groups excluding carboxylic acids is 1. The molecule has 0 fully saturated rings. The topological polar surface area (TPSA) is 80.4 Å². The Hall–Kier alpha value is -0.900. The van der Waals surface area contributed by atoms with Gasteiger partial charge < -0.3 is 10.8 Å². The van der Waals surface area contributed by atoms with Gasteiger partial charge in [-0.2, -0.15) is 0 Å². The molecule has 0 saturated heterocycles. The van der Waals surface area contributed by atoms with E-state index in [9.17, 15) is 9.59 Å². The van der Waals surface area contributed by atoms with Gasteiger partial charge >= 0.3 is 5.97 Å². The highest BCUT2D eigenvalue weighted by molar-refractivity contribution is 5.78. The summed E-state index contributed by atoms with van der Waals surface area (Å²) in [6, 6.07) is -0.754. The van der Waals surface area contributed by atoms with Crippen molar-refractivity contribution in [3.05, 3.63) is 0 Å². The Morgan fingerprint density at radius 3 is 2.31 bits per heavy atom. The van der Waals surface area contributed by atoms with Crippen molar-refractivity contribution in [3.63, 3.8) is 0 Å². The lowest BCUT2D eigenvalue weighted by molar-refractivity contribution is -0.138. The summed E-state index contributed by atoms with van der Waals surface area (Å²) >= 11 is 0. The Morgan fingerprint density at radius 1 is 1.12 bits per heavy atom. The summed E-state index contributed by atoms with van der Waals surface area (Å²) in [5, 5.41) is 8.54. The van der Waals surface area contributed by atoms with Crippen LogP contribution in [0.1, 0.15) is 58.3 Å². The smallest absolute Gasteiger partial charge is 0.320 e. The lowest BCUT2D eigenvalue weighted by atomic mass is 10.0. The number of nitrogens with two attached hydrogens (primary N) is 1. The van der Waals surface area contributed by atoms with Crippen molar-refractivity contribution in [2.75, 3.05) is 0 Å². The molecule has 0 aromatic carbocycles. The lowest BCUT2D eigenvalue weighted by Gasteiger charge is -2.05. The number of carboxylic acids is 1. The largest absolute Gasteiger partial charge is 0.480 e. The van der Waals surface area contributed by atoms with Crippen molar-refractivity contribution >= 4 is 11.8 Å². The first-order chi connectivity index (χ1) is 7.57. The number of Topliss-reactive ketones (excluding diaryl/α,β-unsaturated/α-hetero) is 1. The number of hydrogen-bond acceptors (Lipinski definition) is 3. The van der Waals surface area contributed by atoms with Gasteiger partial charge in [0.05, 0.1) is 0 Å². The van der Waals surface area contributed by atoms with Crippen molar-refractivity contribution in [1.82, 2.24) is 0 Å². The Kier molecular flexibility index (Phi) is 8.81. The van der Waals surface area contributed by atoms with Crippen LogP contribution in [0.2, 0.25) is 0 Å². The van der Waals surface area contributed by atoms with Crippen LogP contribution in [-0.4, -0.2) is 22.9 Å². The second-order valence-corrected chi connectivity index (χ2v) is 4.19. The average molecular weight is 229 g/mol. The molecular weight excluding hydrogens is 206 g/mol. The predicted octanol–water partition coefficient (Wildman–Crippen LogP) is 2.11. The standard InChI is InChI=1S/C12H23NO3/c1-2-3-7-10(14)8-5-4-6-9-11(13)12(15)16/h11H,2-9,13H2,1H3,(H,15,16)/t11-/m0/s1. The average Bonchev–Trinajstić information content (AvgIpc) is 2.25. The molecule has 4 heteroatoms. The maximum absolute atomic E-state index is 11.3. The first kappa shape index (κ1) is 15.1. The minimum absolute atomic E-state index is 0.324. The molecule has 0 bridgehead atoms. The van der Waals surface area contributed by atoms with Crippen molar-refractivity contribution in [2.24, 2.45) is 5.73 Å². The van der Waals surface area contributed by atoms with E-state index in [4.69, 9.17) is 10.8 Å². The van der Waals surface area contributed by atoms with Crippen LogP contribution in [0.4, 0.5) is 0 Å². The molecule has 94 valence electrons. The van der Waals surface area contributed by atoms with Gasteiger partial charge in [-0.15, -0.1) is 0 Å². The fourth-order valence-corrected chi connectivity index (χ4v) is 1.49.